The standard InChI is InChI=1S/C31H52O4/c1-21(2)10-8-11-22(3)26-15-16-27-24(12-9-17-31(26,27)5)13-14-25-20-28(33)30(29(34)23(25)4)35-19-7-6-18-32/h13-14,21-22,26-30,32-34H,4,6-12,15-20H2,1-3,5H3/b24-13?,25-14-/t22-,26-,27?,28-,29+,30+,31-/m1/s1. The Kier molecular flexibility index (Phi) is 10.7. The molecule has 4 nitrogen and oxygen atoms in total. The van der Waals surface area contributed by atoms with Crippen molar-refractivity contribution < 1.29 is 20.1 Å². The molecule has 7 atom stereocenters. The molecule has 4 heteroatoms. The second-order valence-corrected chi connectivity index (χ2v) is 12.3. The molecule has 3 aliphatic rings. The van der Waals surface area contributed by atoms with Crippen LogP contribution in [0.5, 0.6) is 0 Å². The lowest BCUT2D eigenvalue weighted by Crippen LogP contribution is -2.45. The van der Waals surface area contributed by atoms with Crippen LogP contribution in [0.25, 0.3) is 0 Å². The summed E-state index contributed by atoms with van der Waals surface area (Å²) in [5.74, 6) is 3.05. The third kappa shape index (κ3) is 6.89. The Morgan fingerprint density at radius 2 is 1.86 bits per heavy atom. The number of aliphatic hydroxyl groups excluding tert-OH is 3. The minimum Gasteiger partial charge on any atom is -0.396 e. The van der Waals surface area contributed by atoms with Crippen molar-refractivity contribution in [2.45, 2.75) is 117 Å². The number of unbranched alkanes of at least 4 members (excludes halogenated alkanes) is 1. The maximum absolute atomic E-state index is 10.8. The quantitative estimate of drug-likeness (QED) is 0.296. The molecule has 3 saturated carbocycles. The molecule has 3 N–H and O–H groups in total. The molecule has 1 unspecified atom stereocenters. The molecular weight excluding hydrogens is 436 g/mol. The van der Waals surface area contributed by atoms with Crippen LogP contribution >= 0.6 is 0 Å². The Labute approximate surface area is 214 Å². The van der Waals surface area contributed by atoms with Gasteiger partial charge in [-0.05, 0) is 85.2 Å². The first kappa shape index (κ1) is 28.6. The van der Waals surface area contributed by atoms with Gasteiger partial charge in [0.15, 0.2) is 0 Å². The summed E-state index contributed by atoms with van der Waals surface area (Å²) < 4.78 is 5.75. The van der Waals surface area contributed by atoms with Gasteiger partial charge in [-0.3, -0.25) is 0 Å². The van der Waals surface area contributed by atoms with Gasteiger partial charge in [-0.15, -0.1) is 0 Å². The van der Waals surface area contributed by atoms with Gasteiger partial charge in [0.25, 0.3) is 0 Å². The predicted octanol–water partition coefficient (Wildman–Crippen LogP) is 6.36. The zero-order valence-electron chi connectivity index (χ0n) is 22.8. The number of hydrogen-bond acceptors (Lipinski definition) is 4. The zero-order chi connectivity index (χ0) is 25.6. The van der Waals surface area contributed by atoms with Gasteiger partial charge in [0, 0.05) is 19.6 Å². The van der Waals surface area contributed by atoms with Gasteiger partial charge < -0.3 is 20.1 Å². The van der Waals surface area contributed by atoms with Gasteiger partial charge in [0.1, 0.15) is 12.2 Å². The maximum Gasteiger partial charge on any atom is 0.114 e. The van der Waals surface area contributed by atoms with Gasteiger partial charge in [-0.25, -0.2) is 0 Å². The van der Waals surface area contributed by atoms with Crippen molar-refractivity contribution in [1.82, 2.24) is 0 Å². The van der Waals surface area contributed by atoms with Crippen LogP contribution in [0, 0.1) is 29.1 Å². The second kappa shape index (κ2) is 13.0. The lowest BCUT2D eigenvalue weighted by atomic mass is 9.60. The zero-order valence-corrected chi connectivity index (χ0v) is 22.8. The summed E-state index contributed by atoms with van der Waals surface area (Å²) in [6, 6.07) is 0. The van der Waals surface area contributed by atoms with Crippen molar-refractivity contribution in [3.8, 4) is 0 Å². The number of aliphatic hydroxyl groups is 3. The fourth-order valence-corrected chi connectivity index (χ4v) is 7.35. The van der Waals surface area contributed by atoms with E-state index in [0.29, 0.717) is 42.8 Å². The van der Waals surface area contributed by atoms with Crippen molar-refractivity contribution in [2.75, 3.05) is 13.2 Å². The highest BCUT2D eigenvalue weighted by Gasteiger charge is 2.50. The summed E-state index contributed by atoms with van der Waals surface area (Å²) in [4.78, 5) is 0. The summed E-state index contributed by atoms with van der Waals surface area (Å²) in [6.45, 7) is 14.4. The van der Waals surface area contributed by atoms with E-state index < -0.39 is 18.3 Å². The van der Waals surface area contributed by atoms with Gasteiger partial charge in [-0.2, -0.15) is 0 Å². The fourth-order valence-electron chi connectivity index (χ4n) is 7.35. The third-order valence-electron chi connectivity index (χ3n) is 9.42. The molecule has 35 heavy (non-hydrogen) atoms. The summed E-state index contributed by atoms with van der Waals surface area (Å²) in [5, 5.41) is 30.4. The Bertz CT molecular complexity index is 753. The minimum atomic E-state index is -0.892. The molecule has 0 aliphatic heterocycles. The van der Waals surface area contributed by atoms with Crippen LogP contribution in [0.3, 0.4) is 0 Å². The minimum absolute atomic E-state index is 0.130. The van der Waals surface area contributed by atoms with E-state index in [9.17, 15) is 10.2 Å². The predicted molar refractivity (Wildman–Crippen MR) is 144 cm³/mol. The van der Waals surface area contributed by atoms with Crippen LogP contribution in [0.15, 0.2) is 35.5 Å². The molecule has 0 radical (unpaired) electrons. The Hall–Kier alpha value is -0.940. The van der Waals surface area contributed by atoms with Crippen LogP contribution in [-0.2, 0) is 4.74 Å². The van der Waals surface area contributed by atoms with E-state index >= 15 is 0 Å². The van der Waals surface area contributed by atoms with Gasteiger partial charge in [-0.1, -0.05) is 71.3 Å². The van der Waals surface area contributed by atoms with Crippen molar-refractivity contribution in [2.24, 2.45) is 29.1 Å². The SMILES string of the molecule is C=C1/C(=C\C=C2CCC[C@@]3(C)C2CC[C@@H]3[C@H](C)CCCC(C)C)C[C@@H](O)[C@H](OCCCCO)[C@H]1O. The average Bonchev–Trinajstić information content (AvgIpc) is 3.17. The van der Waals surface area contributed by atoms with Crippen LogP contribution < -0.4 is 0 Å². The lowest BCUT2D eigenvalue weighted by Gasteiger charge is -2.44. The number of rotatable bonds is 11. The molecule has 0 heterocycles. The van der Waals surface area contributed by atoms with E-state index in [2.05, 4.69) is 46.4 Å². The highest BCUT2D eigenvalue weighted by Crippen LogP contribution is 2.60. The van der Waals surface area contributed by atoms with Crippen LogP contribution in [-0.4, -0.2) is 46.8 Å². The summed E-state index contributed by atoms with van der Waals surface area (Å²) in [7, 11) is 0. The molecule has 3 rings (SSSR count). The average molecular weight is 489 g/mol. The summed E-state index contributed by atoms with van der Waals surface area (Å²) >= 11 is 0. The van der Waals surface area contributed by atoms with E-state index in [4.69, 9.17) is 9.84 Å². The number of hydrogen-bond donors (Lipinski definition) is 3. The van der Waals surface area contributed by atoms with E-state index in [1.54, 1.807) is 5.57 Å². The highest BCUT2D eigenvalue weighted by molar-refractivity contribution is 5.40. The first-order valence-electron chi connectivity index (χ1n) is 14.4. The smallest absolute Gasteiger partial charge is 0.114 e. The Morgan fingerprint density at radius 3 is 2.57 bits per heavy atom. The topological polar surface area (TPSA) is 69.9 Å². The number of ether oxygens (including phenoxy) is 1. The van der Waals surface area contributed by atoms with Crippen LogP contribution in [0.2, 0.25) is 0 Å². The van der Waals surface area contributed by atoms with Crippen LogP contribution in [0.1, 0.15) is 98.3 Å². The van der Waals surface area contributed by atoms with E-state index in [1.807, 2.05) is 0 Å². The molecule has 0 bridgehead atoms. The summed E-state index contributed by atoms with van der Waals surface area (Å²) in [6.07, 6.45) is 14.4. The Morgan fingerprint density at radius 1 is 1.09 bits per heavy atom. The molecule has 0 spiro atoms. The normalized spacial score (nSPS) is 36.8. The van der Waals surface area contributed by atoms with Gasteiger partial charge in [0.2, 0.25) is 0 Å². The van der Waals surface area contributed by atoms with Gasteiger partial charge in [0.05, 0.1) is 6.10 Å². The lowest BCUT2D eigenvalue weighted by molar-refractivity contribution is -0.0958. The second-order valence-electron chi connectivity index (χ2n) is 12.3. The third-order valence-corrected chi connectivity index (χ3v) is 9.42. The van der Waals surface area contributed by atoms with E-state index in [1.165, 1.54) is 44.9 Å². The Balaban J connectivity index is 1.65. The largest absolute Gasteiger partial charge is 0.396 e. The molecular formula is C31H52O4. The fraction of sp³-hybridized carbons (Fsp3) is 0.806. The maximum atomic E-state index is 10.8. The van der Waals surface area contributed by atoms with Crippen molar-refractivity contribution in [1.29, 1.82) is 0 Å². The monoisotopic (exact) mass is 488 g/mol. The molecule has 0 saturated heterocycles. The molecule has 0 aromatic carbocycles. The van der Waals surface area contributed by atoms with Crippen molar-refractivity contribution in [3.63, 3.8) is 0 Å². The van der Waals surface area contributed by atoms with E-state index in [-0.39, 0.29) is 6.61 Å². The molecule has 3 aliphatic carbocycles. The first-order valence-corrected chi connectivity index (χ1v) is 14.4. The first-order chi connectivity index (χ1) is 16.7. The molecule has 3 fully saturated rings. The van der Waals surface area contributed by atoms with Crippen molar-refractivity contribution >= 4 is 0 Å². The number of allylic oxidation sites excluding steroid dienone is 3. The van der Waals surface area contributed by atoms with E-state index in [0.717, 1.165) is 29.7 Å². The van der Waals surface area contributed by atoms with Crippen molar-refractivity contribution in [3.05, 3.63) is 35.5 Å². The number of fused-ring (bicyclic) bond motifs is 1. The molecule has 200 valence electrons. The molecule has 0 amide bonds. The molecule has 0 aromatic rings. The summed E-state index contributed by atoms with van der Waals surface area (Å²) in [5.41, 5.74) is 3.57. The molecule has 0 aromatic heterocycles. The van der Waals surface area contributed by atoms with Crippen LogP contribution in [0.4, 0.5) is 0 Å². The van der Waals surface area contributed by atoms with Gasteiger partial charge >= 0.3 is 0 Å². The highest BCUT2D eigenvalue weighted by atomic mass is 16.5.